The fourth-order valence-corrected chi connectivity index (χ4v) is 1.92. The number of carbonyl (C=O) groups is 2. The van der Waals surface area contributed by atoms with Crippen molar-refractivity contribution in [1.82, 2.24) is 0 Å². The molecule has 1 atom stereocenters. The normalized spacial score (nSPS) is 17.6. The first-order valence-electron chi connectivity index (χ1n) is 5.88. The van der Waals surface area contributed by atoms with Crippen molar-refractivity contribution in [2.75, 3.05) is 7.11 Å². The van der Waals surface area contributed by atoms with Crippen LogP contribution in [0.2, 0.25) is 0 Å². The molecule has 0 spiro atoms. The third-order valence-corrected chi connectivity index (χ3v) is 2.92. The van der Waals surface area contributed by atoms with Gasteiger partial charge < -0.3 is 14.6 Å². The van der Waals surface area contributed by atoms with Crippen LogP contribution in [0.25, 0.3) is 6.08 Å². The van der Waals surface area contributed by atoms with E-state index in [9.17, 15) is 9.59 Å². The summed E-state index contributed by atoms with van der Waals surface area (Å²) in [6, 6.07) is 5.37. The van der Waals surface area contributed by atoms with Gasteiger partial charge >= 0.3 is 11.9 Å². The minimum absolute atomic E-state index is 0.417. The molecule has 0 aliphatic carbocycles. The molecule has 1 aliphatic rings. The van der Waals surface area contributed by atoms with E-state index < -0.39 is 18.0 Å². The van der Waals surface area contributed by atoms with Crippen LogP contribution in [0.15, 0.2) is 24.3 Å². The Hall–Kier alpha value is -2.30. The van der Waals surface area contributed by atoms with E-state index in [1.54, 1.807) is 18.2 Å². The second-order valence-electron chi connectivity index (χ2n) is 4.21. The monoisotopic (exact) mass is 262 g/mol. The maximum absolute atomic E-state index is 11.0. The topological polar surface area (TPSA) is 72.8 Å². The molecule has 1 heterocycles. The first kappa shape index (κ1) is 13.1. The maximum Gasteiger partial charge on any atom is 0.344 e. The fraction of sp³-hybridized carbons (Fsp3) is 0.286. The number of benzene rings is 1. The van der Waals surface area contributed by atoms with Crippen LogP contribution in [0.3, 0.4) is 0 Å². The summed E-state index contributed by atoms with van der Waals surface area (Å²) in [4.78, 5) is 21.8. The van der Waals surface area contributed by atoms with E-state index in [0.29, 0.717) is 18.6 Å². The molecule has 0 radical (unpaired) electrons. The number of fused-ring (bicyclic) bond motifs is 1. The minimum Gasteiger partial charge on any atom is -0.479 e. The summed E-state index contributed by atoms with van der Waals surface area (Å²) in [5.74, 6) is -0.769. The summed E-state index contributed by atoms with van der Waals surface area (Å²) < 4.78 is 9.89. The van der Waals surface area contributed by atoms with E-state index in [0.717, 1.165) is 11.1 Å². The van der Waals surface area contributed by atoms with Gasteiger partial charge in [-0.05, 0) is 42.2 Å². The molecule has 100 valence electrons. The largest absolute Gasteiger partial charge is 0.479 e. The summed E-state index contributed by atoms with van der Waals surface area (Å²) in [6.07, 6.45) is 3.31. The number of carbonyl (C=O) groups excluding carboxylic acids is 1. The van der Waals surface area contributed by atoms with Crippen molar-refractivity contribution in [2.45, 2.75) is 18.9 Å². The van der Waals surface area contributed by atoms with Crippen LogP contribution >= 0.6 is 0 Å². The zero-order valence-corrected chi connectivity index (χ0v) is 10.5. The van der Waals surface area contributed by atoms with Crippen molar-refractivity contribution < 1.29 is 24.2 Å². The van der Waals surface area contributed by atoms with Gasteiger partial charge in [0.1, 0.15) is 5.75 Å². The SMILES string of the molecule is COC(=O)C=Cc1ccc2c(c1)CCC(C(=O)O)O2. The van der Waals surface area contributed by atoms with Gasteiger partial charge in [-0.2, -0.15) is 0 Å². The Kier molecular flexibility index (Phi) is 3.85. The molecular weight excluding hydrogens is 248 g/mol. The molecule has 2 rings (SSSR count). The molecule has 19 heavy (non-hydrogen) atoms. The lowest BCUT2D eigenvalue weighted by molar-refractivity contribution is -0.145. The molecular formula is C14H14O5. The highest BCUT2D eigenvalue weighted by molar-refractivity contribution is 5.87. The van der Waals surface area contributed by atoms with Crippen molar-refractivity contribution in [3.8, 4) is 5.75 Å². The summed E-state index contributed by atoms with van der Waals surface area (Å²) in [7, 11) is 1.32. The van der Waals surface area contributed by atoms with Gasteiger partial charge in [0.25, 0.3) is 0 Å². The summed E-state index contributed by atoms with van der Waals surface area (Å²) >= 11 is 0. The zero-order chi connectivity index (χ0) is 13.8. The van der Waals surface area contributed by atoms with E-state index in [1.807, 2.05) is 6.07 Å². The molecule has 1 N–H and O–H groups in total. The Morgan fingerprint density at radius 3 is 2.95 bits per heavy atom. The highest BCUT2D eigenvalue weighted by Gasteiger charge is 2.25. The maximum atomic E-state index is 11.0. The average Bonchev–Trinajstić information content (AvgIpc) is 2.43. The zero-order valence-electron chi connectivity index (χ0n) is 10.5. The Bertz CT molecular complexity index is 533. The van der Waals surface area contributed by atoms with E-state index in [1.165, 1.54) is 13.2 Å². The van der Waals surface area contributed by atoms with Crippen LogP contribution in [0, 0.1) is 0 Å². The molecule has 1 aliphatic heterocycles. The van der Waals surface area contributed by atoms with Crippen LogP contribution in [0.4, 0.5) is 0 Å². The fourth-order valence-electron chi connectivity index (χ4n) is 1.92. The van der Waals surface area contributed by atoms with E-state index >= 15 is 0 Å². The molecule has 1 aromatic rings. The van der Waals surface area contributed by atoms with Crippen LogP contribution in [0.5, 0.6) is 5.75 Å². The smallest absolute Gasteiger partial charge is 0.344 e. The summed E-state index contributed by atoms with van der Waals surface area (Å²) in [5.41, 5.74) is 1.80. The number of hydrogen-bond acceptors (Lipinski definition) is 4. The first-order chi connectivity index (χ1) is 9.10. The average molecular weight is 262 g/mol. The van der Waals surface area contributed by atoms with Gasteiger partial charge in [0.15, 0.2) is 6.10 Å². The molecule has 0 aromatic heterocycles. The van der Waals surface area contributed by atoms with Crippen LogP contribution < -0.4 is 4.74 Å². The van der Waals surface area contributed by atoms with Gasteiger partial charge in [0.2, 0.25) is 0 Å². The molecule has 0 saturated carbocycles. The van der Waals surface area contributed by atoms with Crippen LogP contribution in [-0.4, -0.2) is 30.3 Å². The lowest BCUT2D eigenvalue weighted by Crippen LogP contribution is -2.30. The van der Waals surface area contributed by atoms with Gasteiger partial charge in [0.05, 0.1) is 7.11 Å². The minimum atomic E-state index is -0.944. The molecule has 5 nitrogen and oxygen atoms in total. The second kappa shape index (κ2) is 5.56. The Labute approximate surface area is 110 Å². The number of aryl methyl sites for hydroxylation is 1. The van der Waals surface area contributed by atoms with Gasteiger partial charge in [-0.25, -0.2) is 9.59 Å². The quantitative estimate of drug-likeness (QED) is 0.662. The molecule has 0 saturated heterocycles. The molecule has 0 fully saturated rings. The number of esters is 1. The third-order valence-electron chi connectivity index (χ3n) is 2.92. The highest BCUT2D eigenvalue weighted by Crippen LogP contribution is 2.28. The number of rotatable bonds is 3. The Balaban J connectivity index is 2.15. The Morgan fingerprint density at radius 1 is 1.47 bits per heavy atom. The number of ether oxygens (including phenoxy) is 2. The third kappa shape index (κ3) is 3.13. The van der Waals surface area contributed by atoms with Gasteiger partial charge in [0, 0.05) is 6.08 Å². The van der Waals surface area contributed by atoms with Crippen molar-refractivity contribution >= 4 is 18.0 Å². The van der Waals surface area contributed by atoms with Crippen LogP contribution in [0.1, 0.15) is 17.5 Å². The second-order valence-corrected chi connectivity index (χ2v) is 4.21. The number of hydrogen-bond donors (Lipinski definition) is 1. The lowest BCUT2D eigenvalue weighted by atomic mass is 10.00. The predicted molar refractivity (Wildman–Crippen MR) is 67.9 cm³/mol. The molecule has 0 bridgehead atoms. The lowest BCUT2D eigenvalue weighted by Gasteiger charge is -2.23. The summed E-state index contributed by atoms with van der Waals surface area (Å²) in [5, 5.41) is 8.90. The van der Waals surface area contributed by atoms with E-state index in [-0.39, 0.29) is 0 Å². The number of methoxy groups -OCH3 is 1. The number of aliphatic carboxylic acids is 1. The standard InChI is InChI=1S/C14H14O5/c1-18-13(15)7-3-9-2-5-11-10(8-9)4-6-12(19-11)14(16)17/h2-3,5,7-8,12H,4,6H2,1H3,(H,16,17). The summed E-state index contributed by atoms with van der Waals surface area (Å²) in [6.45, 7) is 0. The van der Waals surface area contributed by atoms with Crippen molar-refractivity contribution in [2.24, 2.45) is 0 Å². The van der Waals surface area contributed by atoms with Crippen LogP contribution in [-0.2, 0) is 20.7 Å². The molecule has 5 heteroatoms. The van der Waals surface area contributed by atoms with E-state index in [2.05, 4.69) is 4.74 Å². The van der Waals surface area contributed by atoms with Crippen molar-refractivity contribution in [1.29, 1.82) is 0 Å². The number of carboxylic acid groups (broad SMARTS) is 1. The van der Waals surface area contributed by atoms with Crippen molar-refractivity contribution in [3.63, 3.8) is 0 Å². The highest BCUT2D eigenvalue weighted by atomic mass is 16.5. The van der Waals surface area contributed by atoms with Gasteiger partial charge in [-0.15, -0.1) is 0 Å². The number of carboxylic acids is 1. The molecule has 1 aromatic carbocycles. The molecule has 0 amide bonds. The predicted octanol–water partition coefficient (Wildman–Crippen LogP) is 1.65. The Morgan fingerprint density at radius 2 is 2.26 bits per heavy atom. The first-order valence-corrected chi connectivity index (χ1v) is 5.88. The van der Waals surface area contributed by atoms with E-state index in [4.69, 9.17) is 9.84 Å². The van der Waals surface area contributed by atoms with Crippen molar-refractivity contribution in [3.05, 3.63) is 35.4 Å². The van der Waals surface area contributed by atoms with Gasteiger partial charge in [-0.1, -0.05) is 6.07 Å². The molecule has 1 unspecified atom stereocenters. The van der Waals surface area contributed by atoms with Gasteiger partial charge in [-0.3, -0.25) is 0 Å².